The second-order valence-electron chi connectivity index (χ2n) is 4.10. The number of hydrogen-bond donors (Lipinski definition) is 1. The lowest BCUT2D eigenvalue weighted by Crippen LogP contribution is -1.96. The summed E-state index contributed by atoms with van der Waals surface area (Å²) in [5.41, 5.74) is 3.09. The van der Waals surface area contributed by atoms with Gasteiger partial charge in [0.15, 0.2) is 0 Å². The molecule has 0 atom stereocenters. The van der Waals surface area contributed by atoms with E-state index in [-0.39, 0.29) is 0 Å². The monoisotopic (exact) mass is 236 g/mol. The highest BCUT2D eigenvalue weighted by Gasteiger charge is 2.03. The summed E-state index contributed by atoms with van der Waals surface area (Å²) >= 11 is 0. The van der Waals surface area contributed by atoms with Gasteiger partial charge in [-0.1, -0.05) is 11.6 Å². The van der Waals surface area contributed by atoms with Crippen LogP contribution in [0.25, 0.3) is 10.9 Å². The molecule has 2 aromatic heterocycles. The molecule has 0 saturated carbocycles. The summed E-state index contributed by atoms with van der Waals surface area (Å²) in [6.45, 7) is 2.06. The quantitative estimate of drug-likeness (QED) is 0.742. The summed E-state index contributed by atoms with van der Waals surface area (Å²) in [7, 11) is 0. The number of hydrogen-bond acceptors (Lipinski definition) is 4. The van der Waals surface area contributed by atoms with Gasteiger partial charge < -0.3 is 5.32 Å². The van der Waals surface area contributed by atoms with Crippen molar-refractivity contribution in [2.45, 2.75) is 6.92 Å². The molecule has 0 bridgehead atoms. The first-order valence-corrected chi connectivity index (χ1v) is 5.71. The predicted molar refractivity (Wildman–Crippen MR) is 71.8 cm³/mol. The van der Waals surface area contributed by atoms with Crippen LogP contribution in [0.1, 0.15) is 5.56 Å². The zero-order valence-corrected chi connectivity index (χ0v) is 9.96. The van der Waals surface area contributed by atoms with Crippen molar-refractivity contribution in [2.24, 2.45) is 0 Å². The van der Waals surface area contributed by atoms with Gasteiger partial charge in [0.1, 0.15) is 12.1 Å². The summed E-state index contributed by atoms with van der Waals surface area (Å²) in [5.74, 6) is 0.815. The van der Waals surface area contributed by atoms with E-state index in [1.807, 2.05) is 24.3 Å². The molecule has 0 amide bonds. The van der Waals surface area contributed by atoms with E-state index in [9.17, 15) is 0 Å². The lowest BCUT2D eigenvalue weighted by Gasteiger charge is -2.08. The van der Waals surface area contributed by atoms with E-state index < -0.39 is 0 Å². The van der Waals surface area contributed by atoms with Crippen molar-refractivity contribution in [3.05, 3.63) is 54.6 Å². The van der Waals surface area contributed by atoms with E-state index in [0.29, 0.717) is 0 Å². The Balaban J connectivity index is 2.09. The summed E-state index contributed by atoms with van der Waals surface area (Å²) < 4.78 is 0. The van der Waals surface area contributed by atoms with Crippen molar-refractivity contribution in [1.82, 2.24) is 15.0 Å². The molecule has 1 aromatic carbocycles. The van der Waals surface area contributed by atoms with Crippen LogP contribution in [0, 0.1) is 6.92 Å². The van der Waals surface area contributed by atoms with Gasteiger partial charge >= 0.3 is 0 Å². The number of rotatable bonds is 2. The number of pyridine rings is 1. The van der Waals surface area contributed by atoms with Crippen LogP contribution in [-0.4, -0.2) is 15.0 Å². The Hall–Kier alpha value is -2.49. The second kappa shape index (κ2) is 4.41. The van der Waals surface area contributed by atoms with Crippen molar-refractivity contribution in [2.75, 3.05) is 5.32 Å². The highest BCUT2D eigenvalue weighted by Crippen LogP contribution is 2.23. The summed E-state index contributed by atoms with van der Waals surface area (Å²) in [4.78, 5) is 12.6. The van der Waals surface area contributed by atoms with Gasteiger partial charge in [-0.25, -0.2) is 9.97 Å². The van der Waals surface area contributed by atoms with Gasteiger partial charge in [0.25, 0.3) is 0 Å². The summed E-state index contributed by atoms with van der Waals surface area (Å²) in [5, 5.41) is 4.31. The first-order valence-electron chi connectivity index (χ1n) is 5.71. The number of anilines is 2. The van der Waals surface area contributed by atoms with Gasteiger partial charge in [-0.05, 0) is 31.2 Å². The van der Waals surface area contributed by atoms with Gasteiger partial charge in [0.05, 0.1) is 5.52 Å². The molecule has 0 unspecified atom stereocenters. The van der Waals surface area contributed by atoms with E-state index in [1.54, 1.807) is 18.7 Å². The van der Waals surface area contributed by atoms with E-state index in [1.165, 1.54) is 5.56 Å². The van der Waals surface area contributed by atoms with E-state index >= 15 is 0 Å². The van der Waals surface area contributed by atoms with E-state index in [0.717, 1.165) is 22.4 Å². The molecule has 2 heterocycles. The van der Waals surface area contributed by atoms with Gasteiger partial charge in [-0.2, -0.15) is 0 Å². The summed E-state index contributed by atoms with van der Waals surface area (Å²) in [6.07, 6.45) is 5.06. The van der Waals surface area contributed by atoms with E-state index in [4.69, 9.17) is 0 Å². The maximum Gasteiger partial charge on any atom is 0.141 e. The Kier molecular flexibility index (Phi) is 2.61. The van der Waals surface area contributed by atoms with Gasteiger partial charge in [-0.15, -0.1) is 0 Å². The first kappa shape index (κ1) is 10.7. The molecule has 0 aliphatic carbocycles. The number of aromatic nitrogens is 3. The van der Waals surface area contributed by atoms with E-state index in [2.05, 4.69) is 33.3 Å². The van der Waals surface area contributed by atoms with Crippen LogP contribution >= 0.6 is 0 Å². The topological polar surface area (TPSA) is 50.7 Å². The molecule has 0 fully saturated rings. The normalized spacial score (nSPS) is 10.5. The van der Waals surface area contributed by atoms with Crippen molar-refractivity contribution in [3.63, 3.8) is 0 Å². The molecule has 3 aromatic rings. The first-order chi connectivity index (χ1) is 8.83. The lowest BCUT2D eigenvalue weighted by molar-refractivity contribution is 1.21. The number of nitrogens with one attached hydrogen (secondary N) is 1. The van der Waals surface area contributed by atoms with Crippen molar-refractivity contribution in [1.29, 1.82) is 0 Å². The maximum atomic E-state index is 4.30. The summed E-state index contributed by atoms with van der Waals surface area (Å²) in [6, 6.07) is 9.95. The smallest absolute Gasteiger partial charge is 0.141 e. The largest absolute Gasteiger partial charge is 0.340 e. The fraction of sp³-hybridized carbons (Fsp3) is 0.0714. The average molecular weight is 236 g/mol. The van der Waals surface area contributed by atoms with Gasteiger partial charge in [0, 0.05) is 23.5 Å². The minimum absolute atomic E-state index is 0.815. The third-order valence-corrected chi connectivity index (χ3v) is 2.73. The molecule has 0 aliphatic rings. The Bertz CT molecular complexity index is 680. The lowest BCUT2D eigenvalue weighted by atomic mass is 10.1. The second-order valence-corrected chi connectivity index (χ2v) is 4.10. The number of nitrogens with zero attached hydrogens (tertiary/aromatic N) is 3. The number of benzene rings is 1. The molecule has 1 N–H and O–H groups in total. The van der Waals surface area contributed by atoms with Crippen LogP contribution in [0.15, 0.2) is 49.1 Å². The maximum absolute atomic E-state index is 4.30. The van der Waals surface area contributed by atoms with Crippen molar-refractivity contribution in [3.8, 4) is 0 Å². The Morgan fingerprint density at radius 2 is 1.83 bits per heavy atom. The Morgan fingerprint density at radius 3 is 2.67 bits per heavy atom. The highest BCUT2D eigenvalue weighted by atomic mass is 15.0. The Morgan fingerprint density at radius 1 is 1.00 bits per heavy atom. The third kappa shape index (κ3) is 2.00. The average Bonchev–Trinajstić information content (AvgIpc) is 2.41. The van der Waals surface area contributed by atoms with Crippen LogP contribution in [0.2, 0.25) is 0 Å². The van der Waals surface area contributed by atoms with Crippen LogP contribution in [-0.2, 0) is 0 Å². The molecule has 0 aliphatic heterocycles. The van der Waals surface area contributed by atoms with Crippen LogP contribution in [0.4, 0.5) is 11.5 Å². The molecule has 3 rings (SSSR count). The van der Waals surface area contributed by atoms with Crippen molar-refractivity contribution >= 4 is 22.4 Å². The fourth-order valence-corrected chi connectivity index (χ4v) is 1.84. The number of fused-ring (bicyclic) bond motifs is 1. The standard InChI is InChI=1S/C14H12N4/c1-10-2-3-13-12(8-10)14(17-9-16-13)18-11-4-6-15-7-5-11/h2-9H,1H3,(H,15,16,17,18). The molecular formula is C14H12N4. The molecular weight excluding hydrogens is 224 g/mol. The number of aryl methyl sites for hydroxylation is 1. The van der Waals surface area contributed by atoms with Gasteiger partial charge in [0.2, 0.25) is 0 Å². The Labute approximate surface area is 105 Å². The highest BCUT2D eigenvalue weighted by molar-refractivity contribution is 5.90. The molecule has 88 valence electrons. The van der Waals surface area contributed by atoms with Crippen LogP contribution in [0.5, 0.6) is 0 Å². The van der Waals surface area contributed by atoms with Crippen LogP contribution < -0.4 is 5.32 Å². The zero-order valence-electron chi connectivity index (χ0n) is 9.96. The molecule has 4 nitrogen and oxygen atoms in total. The predicted octanol–water partition coefficient (Wildman–Crippen LogP) is 3.08. The van der Waals surface area contributed by atoms with Crippen molar-refractivity contribution < 1.29 is 0 Å². The zero-order chi connectivity index (χ0) is 12.4. The minimum Gasteiger partial charge on any atom is -0.340 e. The minimum atomic E-state index is 0.815. The third-order valence-electron chi connectivity index (χ3n) is 2.73. The SMILES string of the molecule is Cc1ccc2ncnc(Nc3ccncc3)c2c1. The van der Waals surface area contributed by atoms with Crippen LogP contribution in [0.3, 0.4) is 0 Å². The molecule has 18 heavy (non-hydrogen) atoms. The van der Waals surface area contributed by atoms with Gasteiger partial charge in [-0.3, -0.25) is 4.98 Å². The molecule has 0 saturated heterocycles. The molecule has 0 spiro atoms. The molecule has 4 heteroatoms. The molecule has 0 radical (unpaired) electrons. The fourth-order valence-electron chi connectivity index (χ4n) is 1.84.